The summed E-state index contributed by atoms with van der Waals surface area (Å²) in [5.74, 6) is -1.30. The fraction of sp³-hybridized carbons (Fsp3) is 0.862. The third-order valence-electron chi connectivity index (χ3n) is 10.2. The average molecular weight is 595 g/mol. The van der Waals surface area contributed by atoms with E-state index in [4.69, 9.17) is 22.8 Å². The lowest BCUT2D eigenvalue weighted by molar-refractivity contribution is -0.170. The first kappa shape index (κ1) is 29.7. The van der Waals surface area contributed by atoms with Gasteiger partial charge in [0, 0.05) is 11.8 Å². The third kappa shape index (κ3) is 4.17. The molecule has 10 heteroatoms. The first-order valence-electron chi connectivity index (χ1n) is 14.7. The predicted molar refractivity (Wildman–Crippen MR) is 158 cm³/mol. The number of carbonyl (C=O) groups excluding carboxylic acids is 2. The molecule has 0 aromatic carbocycles. The average Bonchev–Trinajstić information content (AvgIpc) is 3.20. The fourth-order valence-electron chi connectivity index (χ4n) is 9.57. The molecule has 1 saturated heterocycles. The molecule has 5 fully saturated rings. The number of fused-ring (bicyclic) bond motifs is 1. The van der Waals surface area contributed by atoms with Gasteiger partial charge in [0.2, 0.25) is 0 Å². The van der Waals surface area contributed by atoms with Gasteiger partial charge < -0.3 is 22.8 Å². The number of carbonyl (C=O) groups is 2. The van der Waals surface area contributed by atoms with E-state index in [-0.39, 0.29) is 36.0 Å². The number of hydrogen-bond donors (Lipinski definition) is 0. The molecule has 0 amide bonds. The van der Waals surface area contributed by atoms with E-state index in [1.807, 2.05) is 6.92 Å². The molecule has 0 N–H and O–H groups in total. The van der Waals surface area contributed by atoms with Gasteiger partial charge in [-0.1, -0.05) is 6.58 Å². The molecular weight excluding hydrogens is 545 g/mol. The Morgan fingerprint density at radius 1 is 0.974 bits per heavy atom. The number of rotatable bonds is 7. The van der Waals surface area contributed by atoms with Crippen LogP contribution in [0.1, 0.15) is 39.0 Å². The van der Waals surface area contributed by atoms with Crippen molar-refractivity contribution in [2.45, 2.75) is 121 Å². The Hall–Kier alpha value is -0.789. The van der Waals surface area contributed by atoms with Crippen molar-refractivity contribution in [1.29, 1.82) is 0 Å². The van der Waals surface area contributed by atoms with Gasteiger partial charge in [-0.2, -0.15) is 0 Å². The van der Waals surface area contributed by atoms with Crippen LogP contribution < -0.4 is 0 Å². The highest BCUT2D eigenvalue weighted by Gasteiger charge is 2.86. The summed E-state index contributed by atoms with van der Waals surface area (Å²) in [5.41, 5.74) is -1.71. The van der Waals surface area contributed by atoms with Crippen LogP contribution in [0.5, 0.6) is 0 Å². The monoisotopic (exact) mass is 594 g/mol. The Balaban J connectivity index is 1.70. The highest BCUT2D eigenvalue weighted by atomic mass is 28.4. The van der Waals surface area contributed by atoms with Crippen molar-refractivity contribution >= 4 is 36.9 Å². The van der Waals surface area contributed by atoms with Crippen LogP contribution in [0.25, 0.3) is 0 Å². The molecule has 4 unspecified atom stereocenters. The minimum Gasteiger partial charge on any atom is -0.469 e. The first-order chi connectivity index (χ1) is 17.7. The quantitative estimate of drug-likeness (QED) is 0.207. The van der Waals surface area contributed by atoms with Crippen LogP contribution in [0.3, 0.4) is 0 Å². The molecule has 1 aliphatic heterocycles. The summed E-state index contributed by atoms with van der Waals surface area (Å²) in [6, 6.07) is 0. The van der Waals surface area contributed by atoms with E-state index in [1.165, 1.54) is 7.11 Å². The standard InChI is InChI=1S/C29H50O7Si3/c1-18-16-27-17-29(18,36-39(10,11)12)21(35-38(7,8)9)15-19(27)28-14-13-20(34-37(4,5)6)26(2,25(31)33-28)23(28)22(27)24(30)32-3/h19-23H,1,13-17H2,2-12H3/t19?,20-,21-,22?,23?,26?,27-,28+,29-/m0/s1. The first-order valence-corrected chi connectivity index (χ1v) is 24.9. The fourth-order valence-corrected chi connectivity index (χ4v) is 13.4. The van der Waals surface area contributed by atoms with E-state index in [1.54, 1.807) is 0 Å². The molecule has 1 spiro atoms. The van der Waals surface area contributed by atoms with Crippen LogP contribution >= 0.6 is 0 Å². The molecule has 39 heavy (non-hydrogen) atoms. The second-order valence-electron chi connectivity index (χ2n) is 16.2. The maximum Gasteiger partial charge on any atom is 0.315 e. The van der Waals surface area contributed by atoms with Crippen LogP contribution in [0.15, 0.2) is 12.2 Å². The van der Waals surface area contributed by atoms with Crippen LogP contribution in [0.2, 0.25) is 58.9 Å². The molecular formula is C29H50O7Si3. The van der Waals surface area contributed by atoms with Crippen LogP contribution in [-0.2, 0) is 32.3 Å². The number of ether oxygens (including phenoxy) is 2. The largest absolute Gasteiger partial charge is 0.469 e. The molecule has 4 aliphatic carbocycles. The highest BCUT2D eigenvalue weighted by molar-refractivity contribution is 6.70. The molecule has 5 rings (SSSR count). The van der Waals surface area contributed by atoms with Gasteiger partial charge in [-0.3, -0.25) is 9.59 Å². The molecule has 0 aromatic heterocycles. The van der Waals surface area contributed by atoms with Crippen molar-refractivity contribution in [2.75, 3.05) is 7.11 Å². The molecule has 7 nitrogen and oxygen atoms in total. The van der Waals surface area contributed by atoms with E-state index < -0.39 is 52.9 Å². The SMILES string of the molecule is C=C1C[C@]23C[C@@]1(O[Si](C)(C)C)[C@@H](O[Si](C)(C)C)CC2[C@@]12CC[C@H](O[Si](C)(C)C)C(C)(C(=O)O1)C2C3C(=O)OC. The summed E-state index contributed by atoms with van der Waals surface area (Å²) in [6.07, 6.45) is 3.01. The summed E-state index contributed by atoms with van der Waals surface area (Å²) >= 11 is 0. The second kappa shape index (κ2) is 8.63. The van der Waals surface area contributed by atoms with Gasteiger partial charge in [-0.25, -0.2) is 0 Å². The van der Waals surface area contributed by atoms with Crippen LogP contribution in [0.4, 0.5) is 0 Å². The lowest BCUT2D eigenvalue weighted by Gasteiger charge is -2.53. The zero-order valence-corrected chi connectivity index (χ0v) is 29.0. The maximum absolute atomic E-state index is 14.0. The molecule has 4 saturated carbocycles. The minimum atomic E-state index is -2.04. The molecule has 1 heterocycles. The Morgan fingerprint density at radius 3 is 2.10 bits per heavy atom. The Bertz CT molecular complexity index is 1090. The van der Waals surface area contributed by atoms with Gasteiger partial charge in [0.25, 0.3) is 0 Å². The summed E-state index contributed by atoms with van der Waals surface area (Å²) < 4.78 is 33.0. The molecule has 220 valence electrons. The minimum absolute atomic E-state index is 0.0309. The third-order valence-corrected chi connectivity index (χ3v) is 13.2. The molecule has 5 aliphatic rings. The number of esters is 2. The molecule has 0 radical (unpaired) electrons. The zero-order chi connectivity index (χ0) is 29.2. The van der Waals surface area contributed by atoms with Crippen molar-refractivity contribution < 1.29 is 32.3 Å². The van der Waals surface area contributed by atoms with Crippen molar-refractivity contribution in [2.24, 2.45) is 28.6 Å². The lowest BCUT2D eigenvalue weighted by atomic mass is 9.59. The highest BCUT2D eigenvalue weighted by Crippen LogP contribution is 2.79. The normalized spacial score (nSPS) is 45.2. The van der Waals surface area contributed by atoms with Crippen molar-refractivity contribution in [3.05, 3.63) is 12.2 Å². The zero-order valence-electron chi connectivity index (χ0n) is 26.0. The van der Waals surface area contributed by atoms with Gasteiger partial charge in [0.1, 0.15) is 11.2 Å². The summed E-state index contributed by atoms with van der Waals surface area (Å²) in [5, 5.41) is 0. The van der Waals surface area contributed by atoms with Gasteiger partial charge in [0.15, 0.2) is 25.0 Å². The Labute approximate surface area is 238 Å². The lowest BCUT2D eigenvalue weighted by Crippen LogP contribution is -2.60. The van der Waals surface area contributed by atoms with E-state index in [2.05, 4.69) is 65.5 Å². The van der Waals surface area contributed by atoms with E-state index in [9.17, 15) is 9.59 Å². The maximum atomic E-state index is 14.0. The smallest absolute Gasteiger partial charge is 0.315 e. The number of hydrogen-bond acceptors (Lipinski definition) is 7. The van der Waals surface area contributed by atoms with Crippen molar-refractivity contribution in [3.63, 3.8) is 0 Å². The van der Waals surface area contributed by atoms with Crippen LogP contribution in [0, 0.1) is 28.6 Å². The Morgan fingerprint density at radius 2 is 1.56 bits per heavy atom. The van der Waals surface area contributed by atoms with Gasteiger partial charge in [-0.05, 0) is 109 Å². The molecule has 9 atom stereocenters. The van der Waals surface area contributed by atoms with Gasteiger partial charge >= 0.3 is 11.9 Å². The van der Waals surface area contributed by atoms with E-state index in [0.29, 0.717) is 25.7 Å². The second-order valence-corrected chi connectivity index (χ2v) is 29.5. The van der Waals surface area contributed by atoms with Crippen molar-refractivity contribution in [3.8, 4) is 0 Å². The predicted octanol–water partition coefficient (Wildman–Crippen LogP) is 5.89. The summed E-state index contributed by atoms with van der Waals surface area (Å²) in [4.78, 5) is 27.9. The summed E-state index contributed by atoms with van der Waals surface area (Å²) in [7, 11) is -4.53. The topological polar surface area (TPSA) is 80.3 Å². The molecule has 4 bridgehead atoms. The van der Waals surface area contributed by atoms with Gasteiger partial charge in [-0.15, -0.1) is 0 Å². The van der Waals surface area contributed by atoms with E-state index in [0.717, 1.165) is 12.0 Å². The molecule has 0 aromatic rings. The summed E-state index contributed by atoms with van der Waals surface area (Å²) in [6.45, 7) is 26.4. The number of methoxy groups -OCH3 is 1. The van der Waals surface area contributed by atoms with Gasteiger partial charge in [0.05, 0.1) is 30.7 Å². The van der Waals surface area contributed by atoms with Crippen molar-refractivity contribution in [1.82, 2.24) is 0 Å². The van der Waals surface area contributed by atoms with E-state index >= 15 is 0 Å². The van der Waals surface area contributed by atoms with Crippen LogP contribution in [-0.4, -0.2) is 67.4 Å². The Kier molecular flexibility index (Phi) is 6.57.